The number of aryl methyl sites for hydroxylation is 1. The molecule has 7 heteroatoms. The topological polar surface area (TPSA) is 71.5 Å². The van der Waals surface area contributed by atoms with Gasteiger partial charge in [-0.25, -0.2) is 4.98 Å². The number of amides is 2. The molecule has 6 nitrogen and oxygen atoms in total. The van der Waals surface area contributed by atoms with Gasteiger partial charge in [-0.3, -0.25) is 9.59 Å². The Bertz CT molecular complexity index is 809. The summed E-state index contributed by atoms with van der Waals surface area (Å²) in [4.78, 5) is 31.1. The summed E-state index contributed by atoms with van der Waals surface area (Å²) in [6.45, 7) is 1.17. The number of nitrogens with zero attached hydrogens (tertiary/aromatic N) is 2. The van der Waals surface area contributed by atoms with Crippen molar-refractivity contribution in [1.82, 2.24) is 9.88 Å². The van der Waals surface area contributed by atoms with Crippen molar-refractivity contribution in [2.75, 3.05) is 25.5 Å². The molecule has 1 aliphatic rings. The molecular weight excluding hydrogens is 422 g/mol. The first kappa shape index (κ1) is 20.3. The summed E-state index contributed by atoms with van der Waals surface area (Å²) in [7, 11) is 1.63. The average molecular weight is 446 g/mol. The van der Waals surface area contributed by atoms with Gasteiger partial charge in [-0.05, 0) is 65.0 Å². The molecule has 1 N–H and O–H groups in total. The first-order chi connectivity index (χ1) is 13.5. The van der Waals surface area contributed by atoms with Crippen molar-refractivity contribution in [3.8, 4) is 5.75 Å². The Morgan fingerprint density at radius 1 is 1.25 bits per heavy atom. The number of benzene rings is 1. The van der Waals surface area contributed by atoms with E-state index in [0.717, 1.165) is 28.6 Å². The Labute approximate surface area is 173 Å². The summed E-state index contributed by atoms with van der Waals surface area (Å²) < 4.78 is 6.01. The Morgan fingerprint density at radius 3 is 2.71 bits per heavy atom. The summed E-state index contributed by atoms with van der Waals surface area (Å²) in [5.41, 5.74) is 1.10. The van der Waals surface area contributed by atoms with Crippen molar-refractivity contribution in [3.05, 3.63) is 52.6 Å². The third kappa shape index (κ3) is 5.55. The van der Waals surface area contributed by atoms with E-state index in [1.807, 2.05) is 35.2 Å². The molecule has 1 aromatic heterocycles. The number of hydrogen-bond donors (Lipinski definition) is 1. The van der Waals surface area contributed by atoms with Crippen molar-refractivity contribution < 1.29 is 14.3 Å². The van der Waals surface area contributed by atoms with Crippen LogP contribution in [0.3, 0.4) is 0 Å². The highest BCUT2D eigenvalue weighted by atomic mass is 79.9. The van der Waals surface area contributed by atoms with Gasteiger partial charge in [0, 0.05) is 30.2 Å². The number of rotatable bonds is 6. The zero-order valence-corrected chi connectivity index (χ0v) is 17.4. The minimum absolute atomic E-state index is 0.0810. The molecule has 1 saturated heterocycles. The van der Waals surface area contributed by atoms with E-state index < -0.39 is 0 Å². The number of pyridine rings is 1. The van der Waals surface area contributed by atoms with Crippen LogP contribution in [0.15, 0.2) is 47.1 Å². The van der Waals surface area contributed by atoms with E-state index >= 15 is 0 Å². The van der Waals surface area contributed by atoms with Crippen LogP contribution in [0.1, 0.15) is 24.8 Å². The van der Waals surface area contributed by atoms with Crippen LogP contribution in [0, 0.1) is 5.92 Å². The number of nitrogens with one attached hydrogen (secondary N) is 1. The molecule has 0 radical (unpaired) electrons. The second kappa shape index (κ2) is 9.68. The first-order valence-corrected chi connectivity index (χ1v) is 10.2. The van der Waals surface area contributed by atoms with Crippen molar-refractivity contribution >= 4 is 33.6 Å². The van der Waals surface area contributed by atoms with Gasteiger partial charge in [0.2, 0.25) is 11.8 Å². The monoisotopic (exact) mass is 445 g/mol. The van der Waals surface area contributed by atoms with Gasteiger partial charge in [0.15, 0.2) is 0 Å². The Kier molecular flexibility index (Phi) is 7.03. The third-order valence-electron chi connectivity index (χ3n) is 4.91. The molecule has 1 aliphatic heterocycles. The van der Waals surface area contributed by atoms with Gasteiger partial charge in [-0.2, -0.15) is 0 Å². The molecule has 2 heterocycles. The second-order valence-electron chi connectivity index (χ2n) is 6.88. The SMILES string of the molecule is COc1ccc(CCC(=O)N2CCCC(C(=O)Nc3ccc(Br)cn3)C2)cc1. The predicted molar refractivity (Wildman–Crippen MR) is 111 cm³/mol. The number of hydrogen-bond acceptors (Lipinski definition) is 4. The molecule has 2 amide bonds. The highest BCUT2D eigenvalue weighted by Crippen LogP contribution is 2.20. The second-order valence-corrected chi connectivity index (χ2v) is 7.79. The maximum Gasteiger partial charge on any atom is 0.230 e. The number of methoxy groups -OCH3 is 1. The fraction of sp³-hybridized carbons (Fsp3) is 0.381. The molecule has 0 spiro atoms. The van der Waals surface area contributed by atoms with E-state index in [4.69, 9.17) is 4.74 Å². The lowest BCUT2D eigenvalue weighted by molar-refractivity contribution is -0.134. The zero-order chi connectivity index (χ0) is 19.9. The number of ether oxygens (including phenoxy) is 1. The fourth-order valence-corrected chi connectivity index (χ4v) is 3.53. The normalized spacial score (nSPS) is 16.5. The van der Waals surface area contributed by atoms with Crippen LogP contribution in [0.25, 0.3) is 0 Å². The van der Waals surface area contributed by atoms with Crippen LogP contribution in [0.4, 0.5) is 5.82 Å². The van der Waals surface area contributed by atoms with Gasteiger partial charge in [0.1, 0.15) is 11.6 Å². The van der Waals surface area contributed by atoms with Crippen LogP contribution in [0.5, 0.6) is 5.75 Å². The minimum atomic E-state index is -0.205. The zero-order valence-electron chi connectivity index (χ0n) is 15.9. The van der Waals surface area contributed by atoms with E-state index in [1.54, 1.807) is 19.4 Å². The van der Waals surface area contributed by atoms with Crippen LogP contribution in [-0.2, 0) is 16.0 Å². The van der Waals surface area contributed by atoms with Gasteiger partial charge >= 0.3 is 0 Å². The number of piperidine rings is 1. The van der Waals surface area contributed by atoms with Crippen molar-refractivity contribution in [2.24, 2.45) is 5.92 Å². The van der Waals surface area contributed by atoms with Crippen LogP contribution < -0.4 is 10.1 Å². The molecular formula is C21H24BrN3O3. The van der Waals surface area contributed by atoms with Crippen molar-refractivity contribution in [1.29, 1.82) is 0 Å². The molecule has 0 aliphatic carbocycles. The third-order valence-corrected chi connectivity index (χ3v) is 5.38. The molecule has 0 saturated carbocycles. The average Bonchev–Trinajstić information content (AvgIpc) is 2.74. The van der Waals surface area contributed by atoms with Crippen molar-refractivity contribution in [3.63, 3.8) is 0 Å². The number of anilines is 1. The minimum Gasteiger partial charge on any atom is -0.497 e. The van der Waals surface area contributed by atoms with Crippen LogP contribution in [-0.4, -0.2) is 41.9 Å². The molecule has 28 heavy (non-hydrogen) atoms. The molecule has 1 aromatic carbocycles. The number of halogens is 1. The standard InChI is InChI=1S/C21H24BrN3O3/c1-28-18-8-4-15(5-9-18)6-11-20(26)25-12-2-3-16(14-25)21(27)24-19-10-7-17(22)13-23-19/h4-5,7-10,13,16H,2-3,6,11-12,14H2,1H3,(H,23,24,27). The van der Waals surface area contributed by atoms with E-state index in [-0.39, 0.29) is 17.7 Å². The first-order valence-electron chi connectivity index (χ1n) is 9.38. The summed E-state index contributed by atoms with van der Waals surface area (Å²) in [5.74, 6) is 1.14. The molecule has 2 aromatic rings. The maximum absolute atomic E-state index is 12.6. The molecule has 0 bridgehead atoms. The number of carbonyl (C=O) groups is 2. The Hall–Kier alpha value is -2.41. The van der Waals surface area contributed by atoms with Gasteiger partial charge in [0.25, 0.3) is 0 Å². The van der Waals surface area contributed by atoms with Crippen molar-refractivity contribution in [2.45, 2.75) is 25.7 Å². The lowest BCUT2D eigenvalue weighted by Crippen LogP contribution is -2.43. The molecule has 148 valence electrons. The highest BCUT2D eigenvalue weighted by molar-refractivity contribution is 9.10. The van der Waals surface area contributed by atoms with Gasteiger partial charge in [-0.15, -0.1) is 0 Å². The smallest absolute Gasteiger partial charge is 0.230 e. The predicted octanol–water partition coefficient (Wildman–Crippen LogP) is 3.66. The number of likely N-dealkylation sites (tertiary alicyclic amines) is 1. The summed E-state index contributed by atoms with van der Waals surface area (Å²) >= 11 is 3.33. The van der Waals surface area contributed by atoms with E-state index in [9.17, 15) is 9.59 Å². The lowest BCUT2D eigenvalue weighted by atomic mass is 9.96. The van der Waals surface area contributed by atoms with Gasteiger partial charge < -0.3 is 15.0 Å². The molecule has 1 fully saturated rings. The Morgan fingerprint density at radius 2 is 2.04 bits per heavy atom. The van der Waals surface area contributed by atoms with Crippen LogP contribution >= 0.6 is 15.9 Å². The Balaban J connectivity index is 1.50. The summed E-state index contributed by atoms with van der Waals surface area (Å²) in [6.07, 6.45) is 4.38. The quantitative estimate of drug-likeness (QED) is 0.735. The van der Waals surface area contributed by atoms with E-state index in [2.05, 4.69) is 26.2 Å². The summed E-state index contributed by atoms with van der Waals surface area (Å²) in [6, 6.07) is 11.3. The molecule has 3 rings (SSSR count). The van der Waals surface area contributed by atoms with Crippen LogP contribution in [0.2, 0.25) is 0 Å². The summed E-state index contributed by atoms with van der Waals surface area (Å²) in [5, 5.41) is 2.85. The fourth-order valence-electron chi connectivity index (χ4n) is 3.30. The number of carbonyl (C=O) groups excluding carboxylic acids is 2. The molecule has 1 atom stereocenters. The largest absolute Gasteiger partial charge is 0.497 e. The van der Waals surface area contributed by atoms with E-state index in [1.165, 1.54) is 0 Å². The highest BCUT2D eigenvalue weighted by Gasteiger charge is 2.28. The molecule has 1 unspecified atom stereocenters. The maximum atomic E-state index is 12.6. The number of aromatic nitrogens is 1. The lowest BCUT2D eigenvalue weighted by Gasteiger charge is -2.32. The van der Waals surface area contributed by atoms with Gasteiger partial charge in [-0.1, -0.05) is 12.1 Å². The van der Waals surface area contributed by atoms with E-state index in [0.29, 0.717) is 31.7 Å². The van der Waals surface area contributed by atoms with Gasteiger partial charge in [0.05, 0.1) is 13.0 Å².